The van der Waals surface area contributed by atoms with Crippen LogP contribution in [0.5, 0.6) is 0 Å². The van der Waals surface area contributed by atoms with E-state index < -0.39 is 40.0 Å². The number of aromatic nitrogens is 2. The molecule has 0 spiro atoms. The van der Waals surface area contributed by atoms with Gasteiger partial charge in [-0.05, 0) is 49.5 Å². The van der Waals surface area contributed by atoms with Crippen LogP contribution in [0.25, 0.3) is 11.3 Å². The Morgan fingerprint density at radius 2 is 1.88 bits per heavy atom. The fourth-order valence-electron chi connectivity index (χ4n) is 2.89. The van der Waals surface area contributed by atoms with E-state index >= 15 is 0 Å². The molecule has 33 heavy (non-hydrogen) atoms. The molecule has 12 heteroatoms. The lowest BCUT2D eigenvalue weighted by Gasteiger charge is -2.14. The summed E-state index contributed by atoms with van der Waals surface area (Å²) in [6.45, 7) is 0. The van der Waals surface area contributed by atoms with Crippen LogP contribution in [0.1, 0.15) is 11.8 Å². The summed E-state index contributed by atoms with van der Waals surface area (Å²) in [6, 6.07) is 8.04. The number of nitrogens with zero attached hydrogens (tertiary/aromatic N) is 2. The molecule has 2 heterocycles. The number of carboxylic acids is 1. The van der Waals surface area contributed by atoms with Gasteiger partial charge in [-0.25, -0.2) is 31.4 Å². The zero-order valence-corrected chi connectivity index (χ0v) is 17.8. The Morgan fingerprint density at radius 3 is 2.48 bits per heavy atom. The van der Waals surface area contributed by atoms with Gasteiger partial charge in [0.1, 0.15) is 5.82 Å². The van der Waals surface area contributed by atoms with Crippen LogP contribution in [0.2, 0.25) is 0 Å². The number of carboxylic acid groups (broad SMARTS) is 1. The van der Waals surface area contributed by atoms with Crippen LogP contribution >= 0.6 is 0 Å². The molecular formula is C21H17F2N3O6S. The Kier molecular flexibility index (Phi) is 6.99. The monoisotopic (exact) mass is 477 g/mol. The molecule has 0 saturated heterocycles. The Bertz CT molecular complexity index is 1320. The van der Waals surface area contributed by atoms with Crippen molar-refractivity contribution in [2.24, 2.45) is 0 Å². The number of benzene rings is 1. The van der Waals surface area contributed by atoms with Crippen molar-refractivity contribution in [2.75, 3.05) is 7.05 Å². The van der Waals surface area contributed by atoms with Gasteiger partial charge in [-0.3, -0.25) is 5.32 Å². The first-order valence-electron chi connectivity index (χ1n) is 9.26. The number of rotatable bonds is 8. The molecule has 1 atom stereocenters. The van der Waals surface area contributed by atoms with Gasteiger partial charge in [-0.15, -0.1) is 0 Å². The lowest BCUT2D eigenvalue weighted by molar-refractivity contribution is -0.145. The van der Waals surface area contributed by atoms with Crippen molar-refractivity contribution in [1.29, 1.82) is 0 Å². The number of halogens is 2. The second-order valence-corrected chi connectivity index (χ2v) is 8.35. The summed E-state index contributed by atoms with van der Waals surface area (Å²) in [6.07, 6.45) is 2.35. The number of ether oxygens (including phenoxy) is 1. The number of pyridine rings is 1. The van der Waals surface area contributed by atoms with Gasteiger partial charge in [-0.1, -0.05) is 0 Å². The molecule has 0 aliphatic heterocycles. The fourth-order valence-corrected chi connectivity index (χ4v) is 4.27. The topological polar surface area (TPSA) is 128 Å². The Labute approximate surface area is 187 Å². The number of aliphatic carboxylic acids is 1. The third kappa shape index (κ3) is 5.30. The van der Waals surface area contributed by atoms with Crippen molar-refractivity contribution in [3.05, 3.63) is 84.3 Å². The van der Waals surface area contributed by atoms with Crippen molar-refractivity contribution < 1.29 is 36.6 Å². The van der Waals surface area contributed by atoms with Crippen LogP contribution in [0.4, 0.5) is 8.78 Å². The highest BCUT2D eigenvalue weighted by atomic mass is 32.2. The van der Waals surface area contributed by atoms with Gasteiger partial charge in [0.2, 0.25) is 5.95 Å². The van der Waals surface area contributed by atoms with Gasteiger partial charge in [0.25, 0.3) is 10.0 Å². The largest absolute Gasteiger partial charge is 0.478 e. The molecule has 172 valence electrons. The number of hydrogen-bond donors (Lipinski definition) is 2. The van der Waals surface area contributed by atoms with Gasteiger partial charge < -0.3 is 9.84 Å². The lowest BCUT2D eigenvalue weighted by Crippen LogP contribution is -2.22. The Hall–Kier alpha value is -3.90. The van der Waals surface area contributed by atoms with E-state index in [0.717, 1.165) is 34.4 Å². The summed E-state index contributed by atoms with van der Waals surface area (Å²) < 4.78 is 60.2. The number of carbonyl (C=O) groups excluding carboxylic acids is 1. The maximum Gasteiger partial charge on any atom is 0.332 e. The zero-order chi connectivity index (χ0) is 24.2. The Morgan fingerprint density at radius 1 is 1.18 bits per heavy atom. The molecule has 1 aromatic carbocycles. The maximum atomic E-state index is 14.4. The molecule has 3 rings (SSSR count). The normalized spacial score (nSPS) is 12.6. The fraction of sp³-hybridized carbons (Fsp3) is 0.0952. The standard InChI is InChI=1S/C21H17F2N3O6S/c1-24-21(32-19(29)9-8-18(27)28)13-11-17(16-3-2-10-25-20(16)23)26(12-13)33(30,31)15-6-4-14(22)5-7-15/h2-12,21,24H,1H3,(H,27,28)/b9-8+. The van der Waals surface area contributed by atoms with E-state index in [1.165, 1.54) is 31.4 Å². The first-order chi connectivity index (χ1) is 15.6. The van der Waals surface area contributed by atoms with Gasteiger partial charge in [-0.2, -0.15) is 4.39 Å². The molecule has 3 aromatic rings. The molecule has 0 aliphatic rings. The van der Waals surface area contributed by atoms with Crippen LogP contribution in [-0.4, -0.2) is 41.5 Å². The van der Waals surface area contributed by atoms with Crippen LogP contribution in [0.3, 0.4) is 0 Å². The van der Waals surface area contributed by atoms with E-state index in [4.69, 9.17) is 9.84 Å². The molecule has 0 aliphatic carbocycles. The maximum absolute atomic E-state index is 14.4. The predicted octanol–water partition coefficient (Wildman–Crippen LogP) is 2.47. The van der Waals surface area contributed by atoms with Crippen molar-refractivity contribution in [3.8, 4) is 11.3 Å². The molecule has 2 N–H and O–H groups in total. The average molecular weight is 477 g/mol. The van der Waals surface area contributed by atoms with Crippen molar-refractivity contribution in [2.45, 2.75) is 11.1 Å². The van der Waals surface area contributed by atoms with Crippen LogP contribution in [0.15, 0.2) is 71.9 Å². The zero-order valence-electron chi connectivity index (χ0n) is 17.0. The van der Waals surface area contributed by atoms with E-state index in [1.54, 1.807) is 0 Å². The molecule has 0 bridgehead atoms. The van der Waals surface area contributed by atoms with E-state index in [-0.39, 0.29) is 21.7 Å². The highest BCUT2D eigenvalue weighted by Crippen LogP contribution is 2.31. The van der Waals surface area contributed by atoms with Gasteiger partial charge in [0, 0.05) is 30.1 Å². The molecule has 0 amide bonds. The van der Waals surface area contributed by atoms with Crippen LogP contribution in [0, 0.1) is 11.8 Å². The summed E-state index contributed by atoms with van der Waals surface area (Å²) in [4.78, 5) is 25.8. The number of nitrogens with one attached hydrogen (secondary N) is 1. The number of esters is 1. The number of hydrogen-bond acceptors (Lipinski definition) is 7. The van der Waals surface area contributed by atoms with Crippen LogP contribution in [-0.2, 0) is 24.3 Å². The third-order valence-electron chi connectivity index (χ3n) is 4.37. The van der Waals surface area contributed by atoms with E-state index in [2.05, 4.69) is 10.3 Å². The van der Waals surface area contributed by atoms with Crippen molar-refractivity contribution in [3.63, 3.8) is 0 Å². The molecular weight excluding hydrogens is 460 g/mol. The smallest absolute Gasteiger partial charge is 0.332 e. The van der Waals surface area contributed by atoms with E-state index in [1.807, 2.05) is 0 Å². The summed E-state index contributed by atoms with van der Waals surface area (Å²) in [5.41, 5.74) is -0.169. The second-order valence-electron chi connectivity index (χ2n) is 6.53. The molecule has 0 fully saturated rings. The second kappa shape index (κ2) is 9.71. The Balaban J connectivity index is 2.12. The SMILES string of the molecule is CNC(OC(=O)/C=C/C(=O)O)c1cc(-c2cccnc2F)n(S(=O)(=O)c2ccc(F)cc2)c1. The minimum Gasteiger partial charge on any atom is -0.478 e. The van der Waals surface area contributed by atoms with Crippen LogP contribution < -0.4 is 5.32 Å². The van der Waals surface area contributed by atoms with E-state index in [0.29, 0.717) is 12.2 Å². The first-order valence-corrected chi connectivity index (χ1v) is 10.7. The third-order valence-corrected chi connectivity index (χ3v) is 6.06. The average Bonchev–Trinajstić information content (AvgIpc) is 3.22. The van der Waals surface area contributed by atoms with E-state index in [9.17, 15) is 26.8 Å². The van der Waals surface area contributed by atoms with Crippen molar-refractivity contribution >= 4 is 22.0 Å². The van der Waals surface area contributed by atoms with Gasteiger partial charge in [0.05, 0.1) is 16.2 Å². The molecule has 2 aromatic heterocycles. The predicted molar refractivity (Wildman–Crippen MR) is 111 cm³/mol. The molecule has 9 nitrogen and oxygen atoms in total. The summed E-state index contributed by atoms with van der Waals surface area (Å²) in [5, 5.41) is 11.3. The summed E-state index contributed by atoms with van der Waals surface area (Å²) in [7, 11) is -2.91. The molecule has 1 unspecified atom stereocenters. The van der Waals surface area contributed by atoms with Gasteiger partial charge >= 0.3 is 11.9 Å². The number of carbonyl (C=O) groups is 2. The lowest BCUT2D eigenvalue weighted by atomic mass is 10.2. The van der Waals surface area contributed by atoms with Gasteiger partial charge in [0.15, 0.2) is 6.23 Å². The highest BCUT2D eigenvalue weighted by molar-refractivity contribution is 7.90. The summed E-state index contributed by atoms with van der Waals surface area (Å²) in [5.74, 6) is -3.96. The van der Waals surface area contributed by atoms with Crippen molar-refractivity contribution in [1.82, 2.24) is 14.3 Å². The quantitative estimate of drug-likeness (QED) is 0.219. The highest BCUT2D eigenvalue weighted by Gasteiger charge is 2.26. The molecule has 0 radical (unpaired) electrons. The minimum absolute atomic E-state index is 0.110. The first kappa shape index (κ1) is 23.8. The molecule has 0 saturated carbocycles. The summed E-state index contributed by atoms with van der Waals surface area (Å²) >= 11 is 0. The minimum atomic E-state index is -4.33.